The van der Waals surface area contributed by atoms with Gasteiger partial charge >= 0.3 is 6.18 Å². The number of hydrogen-bond acceptors (Lipinski definition) is 4. The van der Waals surface area contributed by atoms with E-state index in [1.165, 1.54) is 0 Å². The minimum Gasteiger partial charge on any atom is -0.494 e. The van der Waals surface area contributed by atoms with Crippen LogP contribution in [0.2, 0.25) is 0 Å². The summed E-state index contributed by atoms with van der Waals surface area (Å²) in [5.41, 5.74) is 0.765. The van der Waals surface area contributed by atoms with Crippen LogP contribution in [0, 0.1) is 0 Å². The van der Waals surface area contributed by atoms with Crippen molar-refractivity contribution in [2.45, 2.75) is 32.4 Å². The van der Waals surface area contributed by atoms with Crippen LogP contribution in [-0.4, -0.2) is 22.9 Å². The molecule has 0 aliphatic heterocycles. The second-order valence-electron chi connectivity index (χ2n) is 4.46. The van der Waals surface area contributed by atoms with Gasteiger partial charge in [0.2, 0.25) is 11.7 Å². The van der Waals surface area contributed by atoms with Crippen molar-refractivity contribution in [3.05, 3.63) is 30.2 Å². The van der Waals surface area contributed by atoms with E-state index in [1.54, 1.807) is 24.3 Å². The topological polar surface area (TPSA) is 48.2 Å². The van der Waals surface area contributed by atoms with Gasteiger partial charge < -0.3 is 9.26 Å². The molecule has 7 heteroatoms. The van der Waals surface area contributed by atoms with Gasteiger partial charge in [-0.15, -0.1) is 0 Å². The molecule has 0 N–H and O–H groups in total. The van der Waals surface area contributed by atoms with Gasteiger partial charge in [-0.1, -0.05) is 12.1 Å². The molecular formula is C14H15F3N2O2. The summed E-state index contributed by atoms with van der Waals surface area (Å²) >= 11 is 0. The van der Waals surface area contributed by atoms with Crippen LogP contribution in [0.1, 0.15) is 25.7 Å². The van der Waals surface area contributed by atoms with E-state index in [1.807, 2.05) is 6.92 Å². The van der Waals surface area contributed by atoms with Gasteiger partial charge in [0.1, 0.15) is 5.75 Å². The van der Waals surface area contributed by atoms with Crippen LogP contribution in [-0.2, 0) is 6.42 Å². The molecule has 1 heterocycles. The van der Waals surface area contributed by atoms with Crippen LogP contribution in [0.25, 0.3) is 11.4 Å². The van der Waals surface area contributed by atoms with Crippen LogP contribution in [0.4, 0.5) is 13.2 Å². The van der Waals surface area contributed by atoms with Gasteiger partial charge in [0.15, 0.2) is 0 Å². The third kappa shape index (κ3) is 4.77. The maximum absolute atomic E-state index is 12.0. The van der Waals surface area contributed by atoms with Gasteiger partial charge in [-0.3, -0.25) is 0 Å². The first kappa shape index (κ1) is 15.3. The zero-order chi connectivity index (χ0) is 15.3. The fourth-order valence-corrected chi connectivity index (χ4v) is 1.68. The van der Waals surface area contributed by atoms with E-state index in [-0.39, 0.29) is 13.0 Å². The normalized spacial score (nSPS) is 11.6. The molecule has 4 nitrogen and oxygen atoms in total. The lowest BCUT2D eigenvalue weighted by molar-refractivity contribution is -0.136. The van der Waals surface area contributed by atoms with Crippen LogP contribution in [0.5, 0.6) is 5.75 Å². The van der Waals surface area contributed by atoms with Crippen molar-refractivity contribution in [2.24, 2.45) is 0 Å². The highest BCUT2D eigenvalue weighted by atomic mass is 19.4. The molecule has 0 bridgehead atoms. The molecule has 2 aromatic rings. The predicted molar refractivity (Wildman–Crippen MR) is 69.9 cm³/mol. The lowest BCUT2D eigenvalue weighted by atomic mass is 10.2. The summed E-state index contributed by atoms with van der Waals surface area (Å²) in [5, 5.41) is 3.84. The molecule has 21 heavy (non-hydrogen) atoms. The Balaban J connectivity index is 1.87. The Hall–Kier alpha value is -2.05. The lowest BCUT2D eigenvalue weighted by Gasteiger charge is -2.08. The fraction of sp³-hybridized carbons (Fsp3) is 0.429. The first-order valence-corrected chi connectivity index (χ1v) is 6.60. The molecule has 0 unspecified atom stereocenters. The van der Waals surface area contributed by atoms with Gasteiger partial charge in [0, 0.05) is 18.4 Å². The van der Waals surface area contributed by atoms with E-state index < -0.39 is 12.6 Å². The zero-order valence-corrected chi connectivity index (χ0v) is 11.5. The van der Waals surface area contributed by atoms with E-state index in [0.29, 0.717) is 23.9 Å². The smallest absolute Gasteiger partial charge is 0.389 e. The Morgan fingerprint density at radius 3 is 2.48 bits per heavy atom. The first-order valence-electron chi connectivity index (χ1n) is 6.60. The van der Waals surface area contributed by atoms with E-state index in [4.69, 9.17) is 9.26 Å². The number of alkyl halides is 3. The Bertz CT molecular complexity index is 564. The predicted octanol–water partition coefficient (Wildman–Crippen LogP) is 4.02. The summed E-state index contributed by atoms with van der Waals surface area (Å²) < 4.78 is 46.2. The highest BCUT2D eigenvalue weighted by Crippen LogP contribution is 2.23. The van der Waals surface area contributed by atoms with Gasteiger partial charge in [0.25, 0.3) is 0 Å². The van der Waals surface area contributed by atoms with Crippen LogP contribution in [0.15, 0.2) is 28.8 Å². The second-order valence-corrected chi connectivity index (χ2v) is 4.46. The van der Waals surface area contributed by atoms with Crippen molar-refractivity contribution in [1.82, 2.24) is 10.1 Å². The molecule has 1 aromatic heterocycles. The van der Waals surface area contributed by atoms with Gasteiger partial charge in [-0.2, -0.15) is 18.2 Å². The molecule has 114 valence electrons. The Kier molecular flexibility index (Phi) is 4.82. The first-order chi connectivity index (χ1) is 9.98. The molecule has 0 atom stereocenters. The number of benzene rings is 1. The van der Waals surface area contributed by atoms with Crippen molar-refractivity contribution in [1.29, 1.82) is 0 Å². The van der Waals surface area contributed by atoms with E-state index in [0.717, 1.165) is 5.56 Å². The quantitative estimate of drug-likeness (QED) is 0.756. The average molecular weight is 300 g/mol. The standard InChI is InChI=1S/C14H15F3N2O2/c1-2-12-18-13(19-21-12)10-4-6-11(7-5-10)20-9-3-8-14(15,16)17/h4-7H,2-3,8-9H2,1H3. The summed E-state index contributed by atoms with van der Waals surface area (Å²) in [7, 11) is 0. The summed E-state index contributed by atoms with van der Waals surface area (Å²) in [6.45, 7) is 1.94. The number of hydrogen-bond donors (Lipinski definition) is 0. The van der Waals surface area contributed by atoms with Crippen LogP contribution >= 0.6 is 0 Å². The molecule has 0 aliphatic rings. The Morgan fingerprint density at radius 2 is 1.90 bits per heavy atom. The van der Waals surface area contributed by atoms with Crippen molar-refractivity contribution >= 4 is 0 Å². The Labute approximate surface area is 119 Å². The SMILES string of the molecule is CCc1nc(-c2ccc(OCCCC(F)(F)F)cc2)no1. The largest absolute Gasteiger partial charge is 0.494 e. The highest BCUT2D eigenvalue weighted by Gasteiger charge is 2.26. The second kappa shape index (κ2) is 6.60. The number of rotatable bonds is 6. The number of aryl methyl sites for hydroxylation is 1. The molecular weight excluding hydrogens is 285 g/mol. The maximum Gasteiger partial charge on any atom is 0.389 e. The van der Waals surface area contributed by atoms with Crippen molar-refractivity contribution < 1.29 is 22.4 Å². The minimum atomic E-state index is -4.14. The summed E-state index contributed by atoms with van der Waals surface area (Å²) in [6, 6.07) is 6.82. The van der Waals surface area contributed by atoms with Gasteiger partial charge in [-0.25, -0.2) is 0 Å². The summed E-state index contributed by atoms with van der Waals surface area (Å²) in [5.74, 6) is 1.55. The molecule has 1 aromatic carbocycles. The highest BCUT2D eigenvalue weighted by molar-refractivity contribution is 5.55. The summed E-state index contributed by atoms with van der Waals surface area (Å²) in [4.78, 5) is 4.19. The number of nitrogens with zero attached hydrogens (tertiary/aromatic N) is 2. The number of halogens is 3. The van der Waals surface area contributed by atoms with Gasteiger partial charge in [-0.05, 0) is 30.7 Å². The molecule has 0 spiro atoms. The van der Waals surface area contributed by atoms with Crippen molar-refractivity contribution in [3.8, 4) is 17.1 Å². The summed E-state index contributed by atoms with van der Waals surface area (Å²) in [6.07, 6.45) is -4.38. The zero-order valence-electron chi connectivity index (χ0n) is 11.5. The maximum atomic E-state index is 12.0. The fourth-order valence-electron chi connectivity index (χ4n) is 1.68. The van der Waals surface area contributed by atoms with E-state index in [2.05, 4.69) is 10.1 Å². The third-order valence-electron chi connectivity index (χ3n) is 2.76. The molecule has 2 rings (SSSR count). The molecule has 0 aliphatic carbocycles. The van der Waals surface area contributed by atoms with Gasteiger partial charge in [0.05, 0.1) is 6.61 Å². The average Bonchev–Trinajstić information content (AvgIpc) is 2.92. The monoisotopic (exact) mass is 300 g/mol. The molecule has 0 fully saturated rings. The molecule has 0 amide bonds. The lowest BCUT2D eigenvalue weighted by Crippen LogP contribution is -2.09. The molecule has 0 radical (unpaired) electrons. The van der Waals surface area contributed by atoms with Crippen molar-refractivity contribution in [2.75, 3.05) is 6.61 Å². The number of ether oxygens (including phenoxy) is 1. The van der Waals surface area contributed by atoms with Crippen molar-refractivity contribution in [3.63, 3.8) is 0 Å². The molecule has 0 saturated carbocycles. The van der Waals surface area contributed by atoms with Crippen LogP contribution < -0.4 is 4.74 Å². The van der Waals surface area contributed by atoms with Crippen LogP contribution in [0.3, 0.4) is 0 Å². The Morgan fingerprint density at radius 1 is 1.19 bits per heavy atom. The molecule has 0 saturated heterocycles. The third-order valence-corrected chi connectivity index (χ3v) is 2.76. The van der Waals surface area contributed by atoms with E-state index >= 15 is 0 Å². The number of aromatic nitrogens is 2. The minimum absolute atomic E-state index is 0.0288. The van der Waals surface area contributed by atoms with E-state index in [9.17, 15) is 13.2 Å².